The van der Waals surface area contributed by atoms with Gasteiger partial charge < -0.3 is 15.4 Å². The molecule has 0 aromatic heterocycles. The number of carbonyl (C=O) groups excluding carboxylic acids is 3. The molecule has 0 unspecified atom stereocenters. The highest BCUT2D eigenvalue weighted by Gasteiger charge is 2.35. The summed E-state index contributed by atoms with van der Waals surface area (Å²) in [4.78, 5) is 37.2. The van der Waals surface area contributed by atoms with Crippen molar-refractivity contribution < 1.29 is 19.1 Å². The molecular formula is C19H21N3O4S. The Labute approximate surface area is 161 Å². The molecule has 2 amide bonds. The molecule has 1 aromatic rings. The van der Waals surface area contributed by atoms with Crippen LogP contribution in [-0.2, 0) is 14.3 Å². The number of fused-ring (bicyclic) bond motifs is 1. The van der Waals surface area contributed by atoms with Crippen LogP contribution in [0.3, 0.4) is 0 Å². The molecule has 142 valence electrons. The van der Waals surface area contributed by atoms with E-state index in [2.05, 4.69) is 16.7 Å². The molecule has 1 heterocycles. The first-order valence-corrected chi connectivity index (χ1v) is 9.92. The quantitative estimate of drug-likeness (QED) is 0.769. The first-order valence-electron chi connectivity index (χ1n) is 8.93. The van der Waals surface area contributed by atoms with Crippen LogP contribution in [0.15, 0.2) is 23.1 Å². The van der Waals surface area contributed by atoms with Crippen molar-refractivity contribution in [3.8, 4) is 6.07 Å². The molecular weight excluding hydrogens is 366 g/mol. The Morgan fingerprint density at radius 3 is 2.78 bits per heavy atom. The third-order valence-corrected chi connectivity index (χ3v) is 5.86. The molecule has 1 aromatic carbocycles. The second-order valence-corrected chi connectivity index (χ2v) is 7.86. The molecule has 0 bridgehead atoms. The van der Waals surface area contributed by atoms with Crippen LogP contribution in [0, 0.1) is 11.3 Å². The summed E-state index contributed by atoms with van der Waals surface area (Å²) in [6, 6.07) is 7.11. The van der Waals surface area contributed by atoms with Crippen LogP contribution in [0.2, 0.25) is 0 Å². The van der Waals surface area contributed by atoms with E-state index >= 15 is 0 Å². The minimum atomic E-state index is -1.02. The van der Waals surface area contributed by atoms with Gasteiger partial charge >= 0.3 is 5.97 Å². The molecule has 0 saturated heterocycles. The van der Waals surface area contributed by atoms with Gasteiger partial charge in [0.2, 0.25) is 5.91 Å². The van der Waals surface area contributed by atoms with Gasteiger partial charge in [-0.15, -0.1) is 11.8 Å². The van der Waals surface area contributed by atoms with Gasteiger partial charge in [-0.2, -0.15) is 5.26 Å². The Kier molecular flexibility index (Phi) is 5.71. The zero-order valence-electron chi connectivity index (χ0n) is 15.0. The molecule has 0 spiro atoms. The summed E-state index contributed by atoms with van der Waals surface area (Å²) in [7, 11) is 0. The molecule has 1 fully saturated rings. The summed E-state index contributed by atoms with van der Waals surface area (Å²) in [5.74, 6) is -0.914. The van der Waals surface area contributed by atoms with Gasteiger partial charge in [-0.3, -0.25) is 9.59 Å². The first kappa shape index (κ1) is 19.2. The van der Waals surface area contributed by atoms with Crippen molar-refractivity contribution in [1.82, 2.24) is 5.32 Å². The lowest BCUT2D eigenvalue weighted by Gasteiger charge is -2.32. The molecule has 1 saturated carbocycles. The van der Waals surface area contributed by atoms with Gasteiger partial charge in [0.25, 0.3) is 5.91 Å². The van der Waals surface area contributed by atoms with Gasteiger partial charge in [0.1, 0.15) is 5.54 Å². The molecule has 7 nitrogen and oxygen atoms in total. The molecule has 0 radical (unpaired) electrons. The normalized spacial score (nSPS) is 19.0. The number of carbonyl (C=O) groups is 3. The molecule has 8 heteroatoms. The standard InChI is InChI=1S/C19H21N3O4S/c1-12(17(24)22-19(11-20)7-3-2-4-8-19)26-18(25)13-5-6-15-14(9-13)21-16(23)10-27-15/h5-6,9,12H,2-4,7-8,10H2,1H3,(H,21,23)(H,22,24)/t12-/m0/s1. The third kappa shape index (κ3) is 4.42. The van der Waals surface area contributed by atoms with Crippen molar-refractivity contribution in [1.29, 1.82) is 5.26 Å². The highest BCUT2D eigenvalue weighted by molar-refractivity contribution is 8.00. The van der Waals surface area contributed by atoms with Gasteiger partial charge in [0, 0.05) is 4.90 Å². The Morgan fingerprint density at radius 1 is 1.33 bits per heavy atom. The van der Waals surface area contributed by atoms with Crippen molar-refractivity contribution in [2.45, 2.75) is 55.6 Å². The predicted octanol–water partition coefficient (Wildman–Crippen LogP) is 2.62. The maximum atomic E-state index is 12.4. The predicted molar refractivity (Wildman–Crippen MR) is 100 cm³/mol. The lowest BCUT2D eigenvalue weighted by Crippen LogP contribution is -2.52. The van der Waals surface area contributed by atoms with Gasteiger partial charge in [0.05, 0.1) is 23.1 Å². The highest BCUT2D eigenvalue weighted by atomic mass is 32.2. The fourth-order valence-electron chi connectivity index (χ4n) is 3.25. The van der Waals surface area contributed by atoms with Gasteiger partial charge in [-0.25, -0.2) is 4.79 Å². The minimum Gasteiger partial charge on any atom is -0.449 e. The fourth-order valence-corrected chi connectivity index (χ4v) is 4.04. The molecule has 1 atom stereocenters. The van der Waals surface area contributed by atoms with Crippen LogP contribution in [0.5, 0.6) is 0 Å². The summed E-state index contributed by atoms with van der Waals surface area (Å²) in [5, 5.41) is 14.9. The number of nitriles is 1. The number of hydrogen-bond acceptors (Lipinski definition) is 6. The van der Waals surface area contributed by atoms with Crippen LogP contribution in [-0.4, -0.2) is 35.2 Å². The number of nitrogens with one attached hydrogen (secondary N) is 2. The number of ether oxygens (including phenoxy) is 1. The fraction of sp³-hybridized carbons (Fsp3) is 0.474. The molecule has 2 N–H and O–H groups in total. The Morgan fingerprint density at radius 2 is 2.07 bits per heavy atom. The Balaban J connectivity index is 1.63. The van der Waals surface area contributed by atoms with Crippen molar-refractivity contribution in [2.75, 3.05) is 11.1 Å². The number of benzene rings is 1. The van der Waals surface area contributed by atoms with E-state index in [1.807, 2.05) is 0 Å². The number of hydrogen-bond donors (Lipinski definition) is 2. The van der Waals surface area contributed by atoms with Crippen molar-refractivity contribution in [3.05, 3.63) is 23.8 Å². The van der Waals surface area contributed by atoms with Crippen molar-refractivity contribution in [3.63, 3.8) is 0 Å². The average Bonchev–Trinajstić information content (AvgIpc) is 2.67. The van der Waals surface area contributed by atoms with E-state index in [9.17, 15) is 19.6 Å². The largest absolute Gasteiger partial charge is 0.449 e. The lowest BCUT2D eigenvalue weighted by molar-refractivity contribution is -0.130. The van der Waals surface area contributed by atoms with Crippen LogP contribution >= 0.6 is 11.8 Å². The summed E-state index contributed by atoms with van der Waals surface area (Å²) in [5.41, 5.74) is -0.0548. The molecule has 2 aliphatic rings. The van der Waals surface area contributed by atoms with E-state index in [0.717, 1.165) is 24.2 Å². The SMILES string of the molecule is C[C@H](OC(=O)c1ccc2c(c1)NC(=O)CS2)C(=O)NC1(C#N)CCCCC1. The minimum absolute atomic E-state index is 0.125. The number of anilines is 1. The smallest absolute Gasteiger partial charge is 0.338 e. The van der Waals surface area contributed by atoms with Crippen LogP contribution < -0.4 is 10.6 Å². The molecule has 27 heavy (non-hydrogen) atoms. The number of amides is 2. The van der Waals surface area contributed by atoms with E-state index in [1.165, 1.54) is 18.7 Å². The number of esters is 1. The summed E-state index contributed by atoms with van der Waals surface area (Å²) >= 11 is 1.40. The Bertz CT molecular complexity index is 812. The van der Waals surface area contributed by atoms with E-state index < -0.39 is 23.5 Å². The number of thioether (sulfide) groups is 1. The topological polar surface area (TPSA) is 108 Å². The number of nitrogens with zero attached hydrogens (tertiary/aromatic N) is 1. The maximum absolute atomic E-state index is 12.4. The molecule has 1 aliphatic heterocycles. The second kappa shape index (κ2) is 8.01. The zero-order valence-corrected chi connectivity index (χ0v) is 15.9. The van der Waals surface area contributed by atoms with Crippen molar-refractivity contribution >= 4 is 35.2 Å². The van der Waals surface area contributed by atoms with E-state index in [0.29, 0.717) is 24.3 Å². The van der Waals surface area contributed by atoms with Crippen LogP contribution in [0.1, 0.15) is 49.4 Å². The van der Waals surface area contributed by atoms with Gasteiger partial charge in [-0.05, 0) is 38.0 Å². The molecule has 3 rings (SSSR count). The van der Waals surface area contributed by atoms with Crippen LogP contribution in [0.4, 0.5) is 5.69 Å². The van der Waals surface area contributed by atoms with E-state index in [1.54, 1.807) is 18.2 Å². The van der Waals surface area contributed by atoms with Crippen LogP contribution in [0.25, 0.3) is 0 Å². The van der Waals surface area contributed by atoms with Crippen molar-refractivity contribution in [2.24, 2.45) is 0 Å². The van der Waals surface area contributed by atoms with Gasteiger partial charge in [-0.1, -0.05) is 19.3 Å². The summed E-state index contributed by atoms with van der Waals surface area (Å²) in [6.07, 6.45) is 3.03. The average molecular weight is 387 g/mol. The highest BCUT2D eigenvalue weighted by Crippen LogP contribution is 2.32. The Hall–Kier alpha value is -2.53. The second-order valence-electron chi connectivity index (χ2n) is 6.84. The van der Waals surface area contributed by atoms with E-state index in [4.69, 9.17) is 4.74 Å². The third-order valence-electron chi connectivity index (χ3n) is 4.78. The number of rotatable bonds is 4. The summed E-state index contributed by atoms with van der Waals surface area (Å²) < 4.78 is 5.27. The maximum Gasteiger partial charge on any atom is 0.338 e. The summed E-state index contributed by atoms with van der Waals surface area (Å²) in [6.45, 7) is 1.48. The zero-order chi connectivity index (χ0) is 19.4. The van der Waals surface area contributed by atoms with Gasteiger partial charge in [0.15, 0.2) is 6.10 Å². The monoisotopic (exact) mass is 387 g/mol. The first-order chi connectivity index (χ1) is 12.9. The molecule has 1 aliphatic carbocycles. The lowest BCUT2D eigenvalue weighted by atomic mass is 9.83. The van der Waals surface area contributed by atoms with E-state index in [-0.39, 0.29) is 11.5 Å².